The van der Waals surface area contributed by atoms with E-state index in [1.807, 2.05) is 0 Å². The van der Waals surface area contributed by atoms with Crippen LogP contribution in [0.2, 0.25) is 0 Å². The van der Waals surface area contributed by atoms with E-state index >= 15 is 4.39 Å². The van der Waals surface area contributed by atoms with Gasteiger partial charge in [-0.2, -0.15) is 0 Å². The number of benzene rings is 2. The minimum atomic E-state index is -0.856. The second-order valence-corrected chi connectivity index (χ2v) is 8.24. The lowest BCUT2D eigenvalue weighted by atomic mass is 9.88. The molecule has 1 saturated carbocycles. The number of aldehydes is 1. The van der Waals surface area contributed by atoms with Gasteiger partial charge in [0.2, 0.25) is 0 Å². The van der Waals surface area contributed by atoms with Crippen LogP contribution in [0.15, 0.2) is 36.0 Å². The fourth-order valence-corrected chi connectivity index (χ4v) is 4.12. The van der Waals surface area contributed by atoms with Crippen LogP contribution in [0.3, 0.4) is 0 Å². The molecule has 2 aromatic rings. The van der Waals surface area contributed by atoms with E-state index in [1.165, 1.54) is 19.1 Å². The van der Waals surface area contributed by atoms with E-state index in [4.69, 9.17) is 0 Å². The third kappa shape index (κ3) is 3.96. The Morgan fingerprint density at radius 1 is 1.23 bits per heavy atom. The van der Waals surface area contributed by atoms with Crippen LogP contribution in [-0.2, 0) is 16.1 Å². The zero-order valence-electron chi connectivity index (χ0n) is 17.3. The molecule has 1 unspecified atom stereocenters. The van der Waals surface area contributed by atoms with Crippen LogP contribution in [0, 0.1) is 23.4 Å². The summed E-state index contributed by atoms with van der Waals surface area (Å²) in [7, 11) is 0. The summed E-state index contributed by atoms with van der Waals surface area (Å²) < 4.78 is 43.9. The summed E-state index contributed by atoms with van der Waals surface area (Å²) in [5, 5.41) is 5.86. The number of hydrogen-bond donors (Lipinski definition) is 2. The molecule has 7 heteroatoms. The highest BCUT2D eigenvalue weighted by Gasteiger charge is 2.36. The second kappa shape index (κ2) is 8.21. The number of rotatable bonds is 6. The molecule has 2 N–H and O–H groups in total. The Morgan fingerprint density at radius 3 is 2.61 bits per heavy atom. The van der Waals surface area contributed by atoms with Crippen LogP contribution in [0.25, 0.3) is 5.57 Å². The number of allylic oxidation sites excluding steroid dienone is 1. The van der Waals surface area contributed by atoms with Crippen molar-refractivity contribution in [2.24, 2.45) is 5.92 Å². The van der Waals surface area contributed by atoms with Crippen molar-refractivity contribution in [1.82, 2.24) is 10.6 Å². The summed E-state index contributed by atoms with van der Waals surface area (Å²) in [6.07, 6.45) is 2.31. The topological polar surface area (TPSA) is 58.2 Å². The highest BCUT2D eigenvalue weighted by atomic mass is 19.1. The van der Waals surface area contributed by atoms with Gasteiger partial charge in [0, 0.05) is 34.9 Å². The Balaban J connectivity index is 1.75. The largest absolute Gasteiger partial charge is 0.384 e. The first-order chi connectivity index (χ1) is 14.8. The summed E-state index contributed by atoms with van der Waals surface area (Å²) in [6, 6.07) is 6.61. The lowest BCUT2D eigenvalue weighted by Crippen LogP contribution is -2.35. The van der Waals surface area contributed by atoms with Crippen molar-refractivity contribution in [3.05, 3.63) is 75.7 Å². The Labute approximate surface area is 178 Å². The van der Waals surface area contributed by atoms with Crippen molar-refractivity contribution in [3.8, 4) is 0 Å². The van der Waals surface area contributed by atoms with E-state index < -0.39 is 35.3 Å². The number of hydrogen-bond acceptors (Lipinski definition) is 3. The van der Waals surface area contributed by atoms with Gasteiger partial charge in [0.15, 0.2) is 0 Å². The average molecular weight is 428 g/mol. The molecule has 31 heavy (non-hydrogen) atoms. The van der Waals surface area contributed by atoms with Crippen LogP contribution >= 0.6 is 0 Å². The van der Waals surface area contributed by atoms with E-state index in [0.29, 0.717) is 17.5 Å². The first kappa shape index (κ1) is 21.2. The van der Waals surface area contributed by atoms with Crippen LogP contribution in [0.5, 0.6) is 0 Å². The molecule has 1 fully saturated rings. The monoisotopic (exact) mass is 428 g/mol. The number of fused-ring (bicyclic) bond motifs is 1. The fourth-order valence-electron chi connectivity index (χ4n) is 4.12. The molecule has 2 aliphatic rings. The molecule has 4 nitrogen and oxygen atoms in total. The molecule has 1 amide bonds. The number of nitrogens with one attached hydrogen (secondary N) is 2. The van der Waals surface area contributed by atoms with Gasteiger partial charge in [-0.1, -0.05) is 19.1 Å². The molecule has 4 rings (SSSR count). The zero-order chi connectivity index (χ0) is 22.3. The average Bonchev–Trinajstić information content (AvgIpc) is 3.58. The number of halogens is 3. The Hall–Kier alpha value is -3.09. The molecular weight excluding hydrogens is 405 g/mol. The van der Waals surface area contributed by atoms with Gasteiger partial charge < -0.3 is 15.4 Å². The maximum Gasteiger partial charge on any atom is 0.254 e. The predicted molar refractivity (Wildman–Crippen MR) is 110 cm³/mol. The lowest BCUT2D eigenvalue weighted by molar-refractivity contribution is -0.116. The molecule has 1 aliphatic heterocycles. The van der Waals surface area contributed by atoms with Gasteiger partial charge in [-0.3, -0.25) is 4.79 Å². The Morgan fingerprint density at radius 2 is 1.97 bits per heavy atom. The lowest BCUT2D eigenvalue weighted by Gasteiger charge is -2.27. The smallest absolute Gasteiger partial charge is 0.254 e. The second-order valence-electron chi connectivity index (χ2n) is 8.24. The third-order valence-corrected chi connectivity index (χ3v) is 6.01. The van der Waals surface area contributed by atoms with Gasteiger partial charge in [0.25, 0.3) is 5.91 Å². The van der Waals surface area contributed by atoms with Gasteiger partial charge in [-0.25, -0.2) is 13.2 Å². The molecule has 0 saturated heterocycles. The quantitative estimate of drug-likeness (QED) is 0.666. The van der Waals surface area contributed by atoms with Crippen molar-refractivity contribution >= 4 is 17.8 Å². The summed E-state index contributed by atoms with van der Waals surface area (Å²) in [5.74, 6) is -3.11. The highest BCUT2D eigenvalue weighted by molar-refractivity contribution is 6.21. The van der Waals surface area contributed by atoms with E-state index in [-0.39, 0.29) is 34.7 Å². The van der Waals surface area contributed by atoms with Crippen molar-refractivity contribution < 1.29 is 22.8 Å². The normalized spacial score (nSPS) is 17.5. The molecule has 0 bridgehead atoms. The van der Waals surface area contributed by atoms with Crippen LogP contribution in [0.1, 0.15) is 60.9 Å². The van der Waals surface area contributed by atoms with Gasteiger partial charge in [-0.15, -0.1) is 0 Å². The summed E-state index contributed by atoms with van der Waals surface area (Å²) in [5.41, 5.74) is 0.880. The molecular formula is C24H23F3N2O2. The molecule has 0 spiro atoms. The van der Waals surface area contributed by atoms with Crippen LogP contribution in [-0.4, -0.2) is 12.2 Å². The van der Waals surface area contributed by atoms with Gasteiger partial charge in [-0.05, 0) is 49.4 Å². The van der Waals surface area contributed by atoms with Crippen LogP contribution < -0.4 is 10.6 Å². The summed E-state index contributed by atoms with van der Waals surface area (Å²) in [6.45, 7) is 3.13. The van der Waals surface area contributed by atoms with Crippen molar-refractivity contribution in [1.29, 1.82) is 0 Å². The summed E-state index contributed by atoms with van der Waals surface area (Å²) in [4.78, 5) is 24.5. The zero-order valence-corrected chi connectivity index (χ0v) is 17.3. The van der Waals surface area contributed by atoms with Gasteiger partial charge >= 0.3 is 0 Å². The molecule has 0 aromatic heterocycles. The maximum absolute atomic E-state index is 15.4. The summed E-state index contributed by atoms with van der Waals surface area (Å²) >= 11 is 0. The molecule has 0 radical (unpaired) electrons. The van der Waals surface area contributed by atoms with E-state index in [9.17, 15) is 18.4 Å². The van der Waals surface area contributed by atoms with Crippen molar-refractivity contribution in [2.45, 2.75) is 45.2 Å². The van der Waals surface area contributed by atoms with E-state index in [1.54, 1.807) is 19.1 Å². The predicted octanol–water partition coefficient (Wildman–Crippen LogP) is 4.51. The van der Waals surface area contributed by atoms with E-state index in [0.717, 1.165) is 18.9 Å². The van der Waals surface area contributed by atoms with Crippen LogP contribution in [0.4, 0.5) is 13.2 Å². The van der Waals surface area contributed by atoms with Gasteiger partial charge in [0.05, 0.1) is 11.6 Å². The number of carbonyl (C=O) groups is 2. The third-order valence-electron chi connectivity index (χ3n) is 6.01. The number of amides is 1. The Bertz CT molecular complexity index is 1090. The first-order valence-electron chi connectivity index (χ1n) is 10.3. The minimum absolute atomic E-state index is 0.000322. The maximum atomic E-state index is 15.4. The van der Waals surface area contributed by atoms with Gasteiger partial charge in [0.1, 0.15) is 23.7 Å². The molecule has 2 aromatic carbocycles. The molecule has 1 aliphatic carbocycles. The highest BCUT2D eigenvalue weighted by Crippen LogP contribution is 2.42. The molecule has 162 valence electrons. The standard InChI is InChI=1S/C24H23F3N2O2/c1-12(11-30)17-9-19(26)18-10-28-13(2)20(21(18)22(17)27)24(31)29-23(14-6-7-14)15-4-3-5-16(25)8-15/h3-5,8-9,11-12,14,23,28H,6-7,10H2,1-2H3,(H,29,31)/t12?,23-/m0/s1. The van der Waals surface area contributed by atoms with Crippen molar-refractivity contribution in [2.75, 3.05) is 0 Å². The molecule has 1 heterocycles. The van der Waals surface area contributed by atoms with Crippen molar-refractivity contribution in [3.63, 3.8) is 0 Å². The number of carbonyl (C=O) groups excluding carboxylic acids is 2. The first-order valence-corrected chi connectivity index (χ1v) is 10.3. The minimum Gasteiger partial charge on any atom is -0.384 e. The molecule has 2 atom stereocenters. The van der Waals surface area contributed by atoms with E-state index in [2.05, 4.69) is 10.6 Å². The SMILES string of the molecule is CC1=C(C(=O)N[C@H](c2cccc(F)c2)C2CC2)c2c(F)c(C(C)C=O)cc(F)c2CN1. The fraction of sp³-hybridized carbons (Fsp3) is 0.333. The Kier molecular flexibility index (Phi) is 5.60.